The van der Waals surface area contributed by atoms with Crippen molar-refractivity contribution in [1.29, 1.82) is 0 Å². The number of carbonyl (C=O) groups is 4. The van der Waals surface area contributed by atoms with E-state index in [4.69, 9.17) is 14.2 Å². The van der Waals surface area contributed by atoms with E-state index in [0.29, 0.717) is 47.3 Å². The van der Waals surface area contributed by atoms with E-state index in [9.17, 15) is 27.6 Å². The molecule has 1 N–H and O–H groups in total. The standard InChI is InChI=1S/C37H49N3O9S.C8H19N/c1-9-22-19-37(22,31(41)21-50(45,46)25-11-12-25)39-33(43)29-17-24(48-30-14-15-38-28-16-23(47-8)10-13-26(28)30)20-40(29)34(44)27(35(2,3)4)18-32(42)49-36(5,6)7;1-6-9(7(2)3)8(4)5/h9-10,13-16,22,24-25,27,29H,1,11-12,17-21H2,2-8H3,(H,39,43);7-8H,6H2,1-5H3/t22-,24-,27-,29+,37-;/m1./s1. The van der Waals surface area contributed by atoms with Gasteiger partial charge in [-0.15, -0.1) is 6.58 Å². The molecule has 0 radical (unpaired) electrons. The second-order valence-corrected chi connectivity index (χ2v) is 21.1. The Morgan fingerprint density at radius 2 is 1.69 bits per heavy atom. The summed E-state index contributed by atoms with van der Waals surface area (Å²) < 4.78 is 42.9. The van der Waals surface area contributed by atoms with Crippen LogP contribution in [0.5, 0.6) is 11.5 Å². The number of esters is 1. The van der Waals surface area contributed by atoms with Crippen molar-refractivity contribution in [3.63, 3.8) is 0 Å². The molecule has 2 amide bonds. The van der Waals surface area contributed by atoms with Gasteiger partial charge < -0.3 is 24.4 Å². The summed E-state index contributed by atoms with van der Waals surface area (Å²) in [4.78, 5) is 63.6. The fourth-order valence-corrected chi connectivity index (χ4v) is 9.71. The van der Waals surface area contributed by atoms with Gasteiger partial charge in [-0.2, -0.15) is 0 Å². The molecular formula is C45H68N4O9S. The lowest BCUT2D eigenvalue weighted by Crippen LogP contribution is -2.55. The van der Waals surface area contributed by atoms with Gasteiger partial charge >= 0.3 is 5.97 Å². The SMILES string of the molecule is C=C[C@@H]1C[C@]1(NC(=O)[C@@H]1C[C@@H](Oc2ccnc3cc(OC)ccc23)CN1C(=O)[C@@H](CC(=O)OC(C)(C)C)C(C)(C)C)C(=O)CS(=O)(=O)C1CC1.CCN(C(C)C)C(C)C. The predicted octanol–water partition coefficient (Wildman–Crippen LogP) is 6.32. The zero-order chi connectivity index (χ0) is 44.2. The average Bonchev–Trinajstić information content (AvgIpc) is 4.06. The van der Waals surface area contributed by atoms with Gasteiger partial charge in [-0.3, -0.25) is 29.1 Å². The molecule has 5 rings (SSSR count). The highest BCUT2D eigenvalue weighted by molar-refractivity contribution is 7.93. The number of sulfone groups is 1. The number of aromatic nitrogens is 1. The van der Waals surface area contributed by atoms with Crippen LogP contribution in [-0.2, 0) is 33.8 Å². The van der Waals surface area contributed by atoms with Crippen LogP contribution >= 0.6 is 0 Å². The van der Waals surface area contributed by atoms with Crippen molar-refractivity contribution in [2.45, 2.75) is 149 Å². The minimum absolute atomic E-state index is 0.0275. The maximum atomic E-state index is 14.5. The van der Waals surface area contributed by atoms with Gasteiger partial charge in [0.25, 0.3) is 0 Å². The van der Waals surface area contributed by atoms with Gasteiger partial charge in [0.2, 0.25) is 11.8 Å². The number of ether oxygens (including phenoxy) is 3. The van der Waals surface area contributed by atoms with Gasteiger partial charge in [0.15, 0.2) is 15.6 Å². The Morgan fingerprint density at radius 1 is 1.05 bits per heavy atom. The quantitative estimate of drug-likeness (QED) is 0.149. The van der Waals surface area contributed by atoms with Crippen molar-refractivity contribution in [3.8, 4) is 11.5 Å². The van der Waals surface area contributed by atoms with E-state index in [0.717, 1.165) is 6.54 Å². The number of nitrogens with zero attached hydrogens (tertiary/aromatic N) is 3. The molecule has 1 aromatic heterocycles. The van der Waals surface area contributed by atoms with Gasteiger partial charge in [-0.05, 0) is 97.9 Å². The molecule has 59 heavy (non-hydrogen) atoms. The van der Waals surface area contributed by atoms with Gasteiger partial charge in [0, 0.05) is 42.1 Å². The van der Waals surface area contributed by atoms with Crippen LogP contribution in [0.15, 0.2) is 43.1 Å². The number of likely N-dealkylation sites (tertiary alicyclic amines) is 1. The number of hydrogen-bond donors (Lipinski definition) is 1. The van der Waals surface area contributed by atoms with Crippen LogP contribution in [0.3, 0.4) is 0 Å². The van der Waals surface area contributed by atoms with E-state index in [1.807, 2.05) is 26.8 Å². The summed E-state index contributed by atoms with van der Waals surface area (Å²) >= 11 is 0. The second kappa shape index (κ2) is 18.7. The molecule has 328 valence electrons. The summed E-state index contributed by atoms with van der Waals surface area (Å²) in [6.07, 6.45) is 3.67. The first-order valence-corrected chi connectivity index (χ1v) is 22.7. The number of rotatable bonds is 16. The molecule has 2 aliphatic carbocycles. The lowest BCUT2D eigenvalue weighted by atomic mass is 9.77. The molecule has 13 nitrogen and oxygen atoms in total. The molecule has 0 unspecified atom stereocenters. The maximum Gasteiger partial charge on any atom is 0.307 e. The molecule has 1 aromatic carbocycles. The Labute approximate surface area is 351 Å². The van der Waals surface area contributed by atoms with Gasteiger partial charge in [-0.1, -0.05) is 33.8 Å². The van der Waals surface area contributed by atoms with E-state index in [1.54, 1.807) is 58.4 Å². The Bertz CT molecular complexity index is 1960. The average molecular weight is 841 g/mol. The number of hydrogen-bond acceptors (Lipinski definition) is 11. The number of carbonyl (C=O) groups excluding carboxylic acids is 4. The number of fused-ring (bicyclic) bond motifs is 1. The number of nitrogens with one attached hydrogen (secondary N) is 1. The molecule has 3 fully saturated rings. The summed E-state index contributed by atoms with van der Waals surface area (Å²) in [5.74, 6) is -2.96. The van der Waals surface area contributed by atoms with Gasteiger partial charge in [0.05, 0.1) is 36.8 Å². The van der Waals surface area contributed by atoms with Crippen LogP contribution in [0.25, 0.3) is 10.9 Å². The molecular weight excluding hydrogens is 773 g/mol. The smallest absolute Gasteiger partial charge is 0.307 e. The summed E-state index contributed by atoms with van der Waals surface area (Å²) in [6.45, 7) is 27.0. The van der Waals surface area contributed by atoms with E-state index >= 15 is 0 Å². The molecule has 2 saturated carbocycles. The number of ketones is 1. The lowest BCUT2D eigenvalue weighted by molar-refractivity contribution is -0.161. The molecule has 14 heteroatoms. The van der Waals surface area contributed by atoms with Crippen LogP contribution in [0.2, 0.25) is 0 Å². The minimum Gasteiger partial charge on any atom is -0.497 e. The number of amides is 2. The van der Waals surface area contributed by atoms with Crippen molar-refractivity contribution >= 4 is 44.3 Å². The van der Waals surface area contributed by atoms with Crippen molar-refractivity contribution in [1.82, 2.24) is 20.1 Å². The second-order valence-electron chi connectivity index (χ2n) is 18.8. The number of Topliss-reactive ketones (excluding diaryl/α,β-unsaturated/α-hetero) is 1. The Kier molecular flexibility index (Phi) is 15.1. The van der Waals surface area contributed by atoms with Crippen LogP contribution in [0, 0.1) is 17.3 Å². The highest BCUT2D eigenvalue weighted by Crippen LogP contribution is 2.46. The predicted molar refractivity (Wildman–Crippen MR) is 230 cm³/mol. The number of benzene rings is 1. The summed E-state index contributed by atoms with van der Waals surface area (Å²) in [5.41, 5.74) is -2.23. The molecule has 1 saturated heterocycles. The van der Waals surface area contributed by atoms with E-state index < -0.39 is 84.9 Å². The third-order valence-corrected chi connectivity index (χ3v) is 13.5. The molecule has 2 heterocycles. The van der Waals surface area contributed by atoms with Crippen molar-refractivity contribution < 1.29 is 41.8 Å². The first-order chi connectivity index (χ1) is 27.4. The summed E-state index contributed by atoms with van der Waals surface area (Å²) in [6, 6.07) is 7.40. The van der Waals surface area contributed by atoms with Gasteiger partial charge in [-0.25, -0.2) is 8.42 Å². The van der Waals surface area contributed by atoms with Crippen molar-refractivity contribution in [2.75, 3.05) is 26.0 Å². The van der Waals surface area contributed by atoms with E-state index in [-0.39, 0.29) is 25.8 Å². The molecule has 3 aliphatic rings. The largest absolute Gasteiger partial charge is 0.497 e. The Morgan fingerprint density at radius 3 is 2.19 bits per heavy atom. The van der Waals surface area contributed by atoms with E-state index in [1.165, 1.54) is 4.90 Å². The minimum atomic E-state index is -3.63. The number of pyridine rings is 1. The maximum absolute atomic E-state index is 14.5. The molecule has 5 atom stereocenters. The molecule has 2 aromatic rings. The molecule has 0 spiro atoms. The molecule has 1 aliphatic heterocycles. The monoisotopic (exact) mass is 840 g/mol. The number of methoxy groups -OCH3 is 1. The fraction of sp³-hybridized carbons (Fsp3) is 0.667. The first kappa shape index (κ1) is 47.6. The van der Waals surface area contributed by atoms with Crippen LogP contribution in [0.1, 0.15) is 108 Å². The Hall–Kier alpha value is -4.04. The van der Waals surface area contributed by atoms with Crippen LogP contribution in [0.4, 0.5) is 0 Å². The highest BCUT2D eigenvalue weighted by Gasteiger charge is 2.61. The van der Waals surface area contributed by atoms with Crippen LogP contribution < -0.4 is 14.8 Å². The first-order valence-electron chi connectivity index (χ1n) is 20.9. The van der Waals surface area contributed by atoms with E-state index in [2.05, 4.69) is 56.4 Å². The third-order valence-electron chi connectivity index (χ3n) is 11.4. The van der Waals surface area contributed by atoms with Crippen molar-refractivity contribution in [3.05, 3.63) is 43.1 Å². The topological polar surface area (TPSA) is 162 Å². The highest BCUT2D eigenvalue weighted by atomic mass is 32.2. The lowest BCUT2D eigenvalue weighted by Gasteiger charge is -2.35. The normalized spacial score (nSPS) is 22.4. The summed E-state index contributed by atoms with van der Waals surface area (Å²) in [7, 11) is -2.07. The summed E-state index contributed by atoms with van der Waals surface area (Å²) in [5, 5.41) is 3.05. The zero-order valence-electron chi connectivity index (χ0n) is 37.3. The zero-order valence-corrected chi connectivity index (χ0v) is 38.1. The van der Waals surface area contributed by atoms with Crippen molar-refractivity contribution in [2.24, 2.45) is 17.3 Å². The Balaban J connectivity index is 0.000000764. The van der Waals surface area contributed by atoms with Gasteiger partial charge in [0.1, 0.15) is 40.5 Å². The molecule has 0 bridgehead atoms. The fourth-order valence-electron chi connectivity index (χ4n) is 7.99. The van der Waals surface area contributed by atoms with Crippen LogP contribution in [-0.4, -0.2) is 113 Å². The third kappa shape index (κ3) is 12.0.